The molecule has 0 heterocycles. The van der Waals surface area contributed by atoms with Crippen molar-refractivity contribution in [1.82, 2.24) is 5.32 Å². The quantitative estimate of drug-likeness (QED) is 0.386. The Balaban J connectivity index is 2.19. The van der Waals surface area contributed by atoms with Gasteiger partial charge in [0, 0.05) is 6.04 Å². The highest BCUT2D eigenvalue weighted by atomic mass is 14.9. The Morgan fingerprint density at radius 3 is 2.21 bits per heavy atom. The van der Waals surface area contributed by atoms with Gasteiger partial charge in [0.1, 0.15) is 0 Å². The van der Waals surface area contributed by atoms with Crippen molar-refractivity contribution in [2.45, 2.75) is 90.5 Å². The second-order valence-corrected chi connectivity index (χ2v) is 6.25. The fraction of sp³-hybridized carbons (Fsp3) is 0.889. The molecule has 0 aromatic rings. The molecule has 0 radical (unpaired) electrons. The Bertz CT molecular complexity index is 212. The molecular formula is C18H35N. The number of rotatable bonds is 11. The van der Waals surface area contributed by atoms with Crippen LogP contribution in [0, 0.1) is 5.92 Å². The van der Waals surface area contributed by atoms with Gasteiger partial charge in [-0.3, -0.25) is 0 Å². The normalized spacial score (nSPS) is 19.2. The van der Waals surface area contributed by atoms with Gasteiger partial charge in [-0.15, -0.1) is 0 Å². The first-order valence-electron chi connectivity index (χ1n) is 8.75. The summed E-state index contributed by atoms with van der Waals surface area (Å²) in [5.74, 6) is 0.893. The predicted molar refractivity (Wildman–Crippen MR) is 86.6 cm³/mol. The standard InChI is InChI=1S/C18H35N/c1-3-5-8-14-18(15-9-6-4-2)19-16-17-12-10-7-11-13-17/h7,10,17-19H,3-6,8-9,11-16H2,1-2H3. The highest BCUT2D eigenvalue weighted by Gasteiger charge is 2.13. The molecule has 0 saturated carbocycles. The van der Waals surface area contributed by atoms with E-state index < -0.39 is 0 Å². The van der Waals surface area contributed by atoms with Gasteiger partial charge in [0.25, 0.3) is 0 Å². The van der Waals surface area contributed by atoms with Crippen LogP contribution in [0.4, 0.5) is 0 Å². The third kappa shape index (κ3) is 8.47. The summed E-state index contributed by atoms with van der Waals surface area (Å²) in [6, 6.07) is 0.781. The highest BCUT2D eigenvalue weighted by molar-refractivity contribution is 4.90. The van der Waals surface area contributed by atoms with Crippen molar-refractivity contribution in [2.24, 2.45) is 5.92 Å². The van der Waals surface area contributed by atoms with Gasteiger partial charge in [0.15, 0.2) is 0 Å². The summed E-state index contributed by atoms with van der Waals surface area (Å²) >= 11 is 0. The second kappa shape index (κ2) is 11.5. The number of allylic oxidation sites excluding steroid dienone is 2. The SMILES string of the molecule is CCCCCC(CCCCC)NCC1CC=CCC1. The molecule has 1 heteroatoms. The van der Waals surface area contributed by atoms with E-state index >= 15 is 0 Å². The first-order chi connectivity index (χ1) is 9.36. The Labute approximate surface area is 121 Å². The van der Waals surface area contributed by atoms with E-state index in [1.165, 1.54) is 77.2 Å². The van der Waals surface area contributed by atoms with Gasteiger partial charge >= 0.3 is 0 Å². The molecule has 0 bridgehead atoms. The Hall–Kier alpha value is -0.300. The van der Waals surface area contributed by atoms with Crippen molar-refractivity contribution in [3.05, 3.63) is 12.2 Å². The van der Waals surface area contributed by atoms with Crippen LogP contribution in [0.1, 0.15) is 84.5 Å². The molecule has 1 rings (SSSR count). The van der Waals surface area contributed by atoms with E-state index in [0.717, 1.165) is 12.0 Å². The van der Waals surface area contributed by atoms with Crippen molar-refractivity contribution in [2.75, 3.05) is 6.54 Å². The van der Waals surface area contributed by atoms with Gasteiger partial charge in [0.05, 0.1) is 0 Å². The van der Waals surface area contributed by atoms with Crippen LogP contribution >= 0.6 is 0 Å². The monoisotopic (exact) mass is 265 g/mol. The third-order valence-electron chi connectivity index (χ3n) is 4.39. The minimum Gasteiger partial charge on any atom is -0.314 e. The topological polar surface area (TPSA) is 12.0 Å². The minimum atomic E-state index is 0.781. The van der Waals surface area contributed by atoms with E-state index in [1.807, 2.05) is 0 Å². The molecule has 1 nitrogen and oxygen atoms in total. The molecule has 0 spiro atoms. The molecule has 0 aromatic carbocycles. The van der Waals surface area contributed by atoms with E-state index in [0.29, 0.717) is 0 Å². The van der Waals surface area contributed by atoms with Crippen LogP contribution in [0.15, 0.2) is 12.2 Å². The molecule has 1 N–H and O–H groups in total. The molecule has 0 aromatic heterocycles. The zero-order valence-corrected chi connectivity index (χ0v) is 13.3. The predicted octanol–water partition coefficient (Wildman–Crippen LogP) is 5.46. The summed E-state index contributed by atoms with van der Waals surface area (Å²) < 4.78 is 0. The van der Waals surface area contributed by atoms with Gasteiger partial charge in [-0.2, -0.15) is 0 Å². The van der Waals surface area contributed by atoms with Gasteiger partial charge in [-0.1, -0.05) is 64.5 Å². The summed E-state index contributed by atoms with van der Waals surface area (Å²) in [4.78, 5) is 0. The Kier molecular flexibility index (Phi) is 10.2. The summed E-state index contributed by atoms with van der Waals surface area (Å²) in [6.45, 7) is 5.84. The van der Waals surface area contributed by atoms with Crippen LogP contribution in [0.5, 0.6) is 0 Å². The van der Waals surface area contributed by atoms with E-state index in [2.05, 4.69) is 31.3 Å². The van der Waals surface area contributed by atoms with Crippen LogP contribution in [0.25, 0.3) is 0 Å². The molecule has 0 amide bonds. The van der Waals surface area contributed by atoms with Gasteiger partial charge in [-0.25, -0.2) is 0 Å². The van der Waals surface area contributed by atoms with Crippen LogP contribution in [0.2, 0.25) is 0 Å². The molecule has 0 saturated heterocycles. The third-order valence-corrected chi connectivity index (χ3v) is 4.39. The maximum atomic E-state index is 3.87. The lowest BCUT2D eigenvalue weighted by atomic mass is 9.93. The molecule has 112 valence electrons. The number of hydrogen-bond acceptors (Lipinski definition) is 1. The number of hydrogen-bond donors (Lipinski definition) is 1. The molecule has 1 aliphatic carbocycles. The zero-order valence-electron chi connectivity index (χ0n) is 13.3. The van der Waals surface area contributed by atoms with Gasteiger partial charge < -0.3 is 5.32 Å². The van der Waals surface area contributed by atoms with Crippen LogP contribution in [0.3, 0.4) is 0 Å². The average molecular weight is 265 g/mol. The Morgan fingerprint density at radius 2 is 1.68 bits per heavy atom. The Morgan fingerprint density at radius 1 is 1.00 bits per heavy atom. The first kappa shape index (κ1) is 16.8. The molecule has 0 fully saturated rings. The summed E-state index contributed by atoms with van der Waals surface area (Å²) in [5, 5.41) is 3.87. The van der Waals surface area contributed by atoms with E-state index in [4.69, 9.17) is 0 Å². The minimum absolute atomic E-state index is 0.781. The van der Waals surface area contributed by atoms with Crippen molar-refractivity contribution in [3.8, 4) is 0 Å². The maximum Gasteiger partial charge on any atom is 0.00671 e. The molecule has 1 aliphatic rings. The van der Waals surface area contributed by atoms with Crippen molar-refractivity contribution in [1.29, 1.82) is 0 Å². The molecule has 1 unspecified atom stereocenters. The van der Waals surface area contributed by atoms with Crippen LogP contribution < -0.4 is 5.32 Å². The molecule has 1 atom stereocenters. The van der Waals surface area contributed by atoms with Crippen molar-refractivity contribution in [3.63, 3.8) is 0 Å². The average Bonchev–Trinajstić information content (AvgIpc) is 2.45. The fourth-order valence-corrected chi connectivity index (χ4v) is 3.00. The number of nitrogens with one attached hydrogen (secondary N) is 1. The fourth-order valence-electron chi connectivity index (χ4n) is 3.00. The summed E-state index contributed by atoms with van der Waals surface area (Å²) in [6.07, 6.45) is 19.8. The van der Waals surface area contributed by atoms with Crippen LogP contribution in [-0.2, 0) is 0 Å². The first-order valence-corrected chi connectivity index (χ1v) is 8.75. The lowest BCUT2D eigenvalue weighted by Gasteiger charge is -2.24. The largest absolute Gasteiger partial charge is 0.314 e. The van der Waals surface area contributed by atoms with E-state index in [9.17, 15) is 0 Å². The van der Waals surface area contributed by atoms with Crippen molar-refractivity contribution < 1.29 is 0 Å². The van der Waals surface area contributed by atoms with Gasteiger partial charge in [-0.05, 0) is 44.6 Å². The molecule has 0 aliphatic heterocycles. The maximum absolute atomic E-state index is 3.87. The van der Waals surface area contributed by atoms with Crippen molar-refractivity contribution >= 4 is 0 Å². The van der Waals surface area contributed by atoms with Crippen LogP contribution in [-0.4, -0.2) is 12.6 Å². The summed E-state index contributed by atoms with van der Waals surface area (Å²) in [5.41, 5.74) is 0. The molecule has 19 heavy (non-hydrogen) atoms. The zero-order chi connectivity index (χ0) is 13.8. The smallest absolute Gasteiger partial charge is 0.00671 e. The second-order valence-electron chi connectivity index (χ2n) is 6.25. The van der Waals surface area contributed by atoms with E-state index in [1.54, 1.807) is 0 Å². The molecular weight excluding hydrogens is 230 g/mol. The lowest BCUT2D eigenvalue weighted by molar-refractivity contribution is 0.364. The highest BCUT2D eigenvalue weighted by Crippen LogP contribution is 2.18. The lowest BCUT2D eigenvalue weighted by Crippen LogP contribution is -2.33. The summed E-state index contributed by atoms with van der Waals surface area (Å²) in [7, 11) is 0. The van der Waals surface area contributed by atoms with E-state index in [-0.39, 0.29) is 0 Å². The van der Waals surface area contributed by atoms with Gasteiger partial charge in [0.2, 0.25) is 0 Å². The number of unbranched alkanes of at least 4 members (excludes halogenated alkanes) is 4.